The number of hydrogen-bond donors (Lipinski definition) is 1. The Morgan fingerprint density at radius 3 is 2.44 bits per heavy atom. The number of methoxy groups -OCH3 is 1. The number of hydrogen-bond acceptors (Lipinski definition) is 5. The minimum absolute atomic E-state index is 0.0686. The third-order valence-electron chi connectivity index (χ3n) is 3.66. The molecule has 1 N–H and O–H groups in total. The Bertz CT molecular complexity index is 769. The summed E-state index contributed by atoms with van der Waals surface area (Å²) in [5, 5.41) is 2.69. The van der Waals surface area contributed by atoms with E-state index in [-0.39, 0.29) is 31.1 Å². The molecule has 130 valence electrons. The lowest BCUT2D eigenvalue weighted by Gasteiger charge is -2.06. The minimum Gasteiger partial charge on any atom is -0.465 e. The predicted molar refractivity (Wildman–Crippen MR) is 92.2 cm³/mol. The lowest BCUT2D eigenvalue weighted by Crippen LogP contribution is -2.24. The van der Waals surface area contributed by atoms with Crippen molar-refractivity contribution in [3.05, 3.63) is 65.0 Å². The first-order valence-corrected chi connectivity index (χ1v) is 7.89. The molecule has 0 saturated heterocycles. The van der Waals surface area contributed by atoms with Crippen molar-refractivity contribution in [2.45, 2.75) is 26.3 Å². The molecule has 0 atom stereocenters. The van der Waals surface area contributed by atoms with Crippen LogP contribution >= 0.6 is 0 Å². The van der Waals surface area contributed by atoms with Gasteiger partial charge in [-0.25, -0.2) is 4.79 Å². The number of ketones is 1. The van der Waals surface area contributed by atoms with E-state index >= 15 is 0 Å². The molecule has 1 aromatic carbocycles. The van der Waals surface area contributed by atoms with Gasteiger partial charge < -0.3 is 10.1 Å². The molecule has 6 heteroatoms. The molecule has 0 aliphatic rings. The fraction of sp³-hybridized carbons (Fsp3) is 0.263. The quantitative estimate of drug-likeness (QED) is 0.618. The summed E-state index contributed by atoms with van der Waals surface area (Å²) >= 11 is 0. The van der Waals surface area contributed by atoms with Crippen molar-refractivity contribution < 1.29 is 19.1 Å². The molecular formula is C19H20N2O4. The van der Waals surface area contributed by atoms with Crippen molar-refractivity contribution in [1.29, 1.82) is 0 Å². The Labute approximate surface area is 146 Å². The summed E-state index contributed by atoms with van der Waals surface area (Å²) in [5.41, 5.74) is 2.60. The summed E-state index contributed by atoms with van der Waals surface area (Å²) in [7, 11) is 1.30. The van der Waals surface area contributed by atoms with Crippen molar-refractivity contribution in [3.63, 3.8) is 0 Å². The van der Waals surface area contributed by atoms with Crippen LogP contribution in [0.5, 0.6) is 0 Å². The highest BCUT2D eigenvalue weighted by molar-refractivity contribution is 5.98. The third kappa shape index (κ3) is 5.53. The lowest BCUT2D eigenvalue weighted by atomic mass is 10.1. The molecule has 2 rings (SSSR count). The first-order valence-electron chi connectivity index (χ1n) is 7.89. The summed E-state index contributed by atoms with van der Waals surface area (Å²) in [6, 6.07) is 10.4. The number of pyridine rings is 1. The van der Waals surface area contributed by atoms with Crippen LogP contribution < -0.4 is 5.32 Å². The number of nitrogens with zero attached hydrogens (tertiary/aromatic N) is 1. The Morgan fingerprint density at radius 2 is 1.76 bits per heavy atom. The average molecular weight is 340 g/mol. The maximum absolute atomic E-state index is 12.0. The SMILES string of the molecule is COC(=O)c1ccnc(CNC(=O)CCC(=O)c2ccc(C)cc2)c1. The summed E-state index contributed by atoms with van der Waals surface area (Å²) in [4.78, 5) is 39.5. The first kappa shape index (κ1) is 18.3. The number of ether oxygens (including phenoxy) is 1. The van der Waals surface area contributed by atoms with Gasteiger partial charge in [0.25, 0.3) is 0 Å². The van der Waals surface area contributed by atoms with Gasteiger partial charge in [0.15, 0.2) is 5.78 Å². The fourth-order valence-electron chi connectivity index (χ4n) is 2.21. The zero-order valence-corrected chi connectivity index (χ0v) is 14.2. The van der Waals surface area contributed by atoms with E-state index in [1.807, 2.05) is 19.1 Å². The Morgan fingerprint density at radius 1 is 1.04 bits per heavy atom. The van der Waals surface area contributed by atoms with Crippen LogP contribution in [0, 0.1) is 6.92 Å². The van der Waals surface area contributed by atoms with Crippen LogP contribution in [-0.4, -0.2) is 29.8 Å². The summed E-state index contributed by atoms with van der Waals surface area (Å²) in [6.07, 6.45) is 1.72. The van der Waals surface area contributed by atoms with Crippen molar-refractivity contribution in [2.24, 2.45) is 0 Å². The number of carbonyl (C=O) groups is 3. The number of benzene rings is 1. The van der Waals surface area contributed by atoms with Gasteiger partial charge in [0.2, 0.25) is 5.91 Å². The maximum atomic E-state index is 12.0. The second kappa shape index (κ2) is 8.73. The van der Waals surface area contributed by atoms with Crippen LogP contribution in [0.3, 0.4) is 0 Å². The van der Waals surface area contributed by atoms with Gasteiger partial charge in [-0.15, -0.1) is 0 Å². The van der Waals surface area contributed by atoms with Crippen molar-refractivity contribution in [2.75, 3.05) is 7.11 Å². The largest absolute Gasteiger partial charge is 0.465 e. The molecule has 1 heterocycles. The molecule has 0 fully saturated rings. The van der Waals surface area contributed by atoms with Crippen molar-refractivity contribution in [3.8, 4) is 0 Å². The number of aryl methyl sites for hydroxylation is 1. The number of aromatic nitrogens is 1. The van der Waals surface area contributed by atoms with E-state index in [9.17, 15) is 14.4 Å². The fourth-order valence-corrected chi connectivity index (χ4v) is 2.21. The minimum atomic E-state index is -0.460. The van der Waals surface area contributed by atoms with E-state index in [2.05, 4.69) is 15.0 Å². The average Bonchev–Trinajstić information content (AvgIpc) is 2.64. The lowest BCUT2D eigenvalue weighted by molar-refractivity contribution is -0.121. The Hall–Kier alpha value is -3.02. The topological polar surface area (TPSA) is 85.4 Å². The third-order valence-corrected chi connectivity index (χ3v) is 3.66. The van der Waals surface area contributed by atoms with Crippen molar-refractivity contribution in [1.82, 2.24) is 10.3 Å². The van der Waals surface area contributed by atoms with Gasteiger partial charge in [0.1, 0.15) is 0 Å². The molecule has 6 nitrogen and oxygen atoms in total. The van der Waals surface area contributed by atoms with Gasteiger partial charge in [-0.1, -0.05) is 29.8 Å². The van der Waals surface area contributed by atoms with Crippen LogP contribution in [-0.2, 0) is 16.1 Å². The van der Waals surface area contributed by atoms with E-state index in [1.54, 1.807) is 18.2 Å². The zero-order valence-electron chi connectivity index (χ0n) is 14.2. The van der Waals surface area contributed by atoms with E-state index in [4.69, 9.17) is 0 Å². The van der Waals surface area contributed by atoms with Gasteiger partial charge >= 0.3 is 5.97 Å². The van der Waals surface area contributed by atoms with Gasteiger partial charge in [0, 0.05) is 24.6 Å². The molecule has 0 aliphatic carbocycles. The number of amides is 1. The van der Waals surface area contributed by atoms with Crippen LogP contribution in [0.15, 0.2) is 42.6 Å². The molecule has 0 aliphatic heterocycles. The van der Waals surface area contributed by atoms with Gasteiger partial charge in [0.05, 0.1) is 24.9 Å². The summed E-state index contributed by atoms with van der Waals surface area (Å²) in [5.74, 6) is -0.773. The summed E-state index contributed by atoms with van der Waals surface area (Å²) < 4.78 is 4.64. The number of Topliss-reactive ketones (excluding diaryl/α,β-unsaturated/α-hetero) is 1. The number of rotatable bonds is 7. The smallest absolute Gasteiger partial charge is 0.337 e. The first-order chi connectivity index (χ1) is 12.0. The molecule has 1 amide bonds. The monoisotopic (exact) mass is 340 g/mol. The second-order valence-corrected chi connectivity index (χ2v) is 5.59. The summed E-state index contributed by atoms with van der Waals surface area (Å²) in [6.45, 7) is 2.13. The highest BCUT2D eigenvalue weighted by atomic mass is 16.5. The second-order valence-electron chi connectivity index (χ2n) is 5.59. The van der Waals surface area contributed by atoms with Crippen molar-refractivity contribution >= 4 is 17.7 Å². The number of esters is 1. The van der Waals surface area contributed by atoms with E-state index in [1.165, 1.54) is 19.4 Å². The molecule has 0 saturated carbocycles. The van der Waals surface area contributed by atoms with Gasteiger partial charge in [-0.2, -0.15) is 0 Å². The standard InChI is InChI=1S/C19H20N2O4/c1-13-3-5-14(6-4-13)17(22)7-8-18(23)21-12-16-11-15(9-10-20-16)19(24)25-2/h3-6,9-11H,7-8,12H2,1-2H3,(H,21,23). The van der Waals surface area contributed by atoms with Gasteiger partial charge in [-0.05, 0) is 19.1 Å². The molecule has 0 unspecified atom stereocenters. The molecule has 2 aromatic rings. The van der Waals surface area contributed by atoms with E-state index in [0.29, 0.717) is 16.8 Å². The van der Waals surface area contributed by atoms with E-state index < -0.39 is 5.97 Å². The Balaban J connectivity index is 1.82. The molecule has 0 bridgehead atoms. The molecule has 25 heavy (non-hydrogen) atoms. The normalized spacial score (nSPS) is 10.2. The molecule has 0 radical (unpaired) electrons. The zero-order chi connectivity index (χ0) is 18.2. The van der Waals surface area contributed by atoms with Crippen LogP contribution in [0.4, 0.5) is 0 Å². The number of carbonyl (C=O) groups excluding carboxylic acids is 3. The highest BCUT2D eigenvalue weighted by Crippen LogP contribution is 2.08. The maximum Gasteiger partial charge on any atom is 0.337 e. The predicted octanol–water partition coefficient (Wildman–Crippen LogP) is 2.46. The molecule has 1 aromatic heterocycles. The molecular weight excluding hydrogens is 320 g/mol. The highest BCUT2D eigenvalue weighted by Gasteiger charge is 2.10. The van der Waals surface area contributed by atoms with Gasteiger partial charge in [-0.3, -0.25) is 14.6 Å². The molecule has 0 spiro atoms. The van der Waals surface area contributed by atoms with Crippen LogP contribution in [0.25, 0.3) is 0 Å². The van der Waals surface area contributed by atoms with Crippen LogP contribution in [0.1, 0.15) is 44.8 Å². The Kier molecular flexibility index (Phi) is 6.39. The van der Waals surface area contributed by atoms with E-state index in [0.717, 1.165) is 5.56 Å². The number of nitrogens with one attached hydrogen (secondary N) is 1. The van der Waals surface area contributed by atoms with Crippen LogP contribution in [0.2, 0.25) is 0 Å².